The smallest absolute Gasteiger partial charge is 0.223 e. The number of carbonyl (C=O) groups is 1. The number of amides is 1. The third-order valence-electron chi connectivity index (χ3n) is 6.65. The highest BCUT2D eigenvalue weighted by Crippen LogP contribution is 2.31. The van der Waals surface area contributed by atoms with E-state index in [1.807, 2.05) is 11.0 Å². The Kier molecular flexibility index (Phi) is 10.0. The molecule has 184 valence electrons. The van der Waals surface area contributed by atoms with Crippen LogP contribution in [0, 0.1) is 5.92 Å². The number of halogens is 1. The minimum Gasteiger partial charge on any atom is -0.367 e. The third kappa shape index (κ3) is 6.87. The van der Waals surface area contributed by atoms with E-state index >= 15 is 0 Å². The number of aliphatic imine (C=N–C) groups is 1. The Hall–Kier alpha value is -2.29. The molecule has 2 aliphatic rings. The first-order valence-electron chi connectivity index (χ1n) is 12.3. The molecule has 2 atom stereocenters. The van der Waals surface area contributed by atoms with Crippen molar-refractivity contribution in [3.63, 3.8) is 0 Å². The second-order valence-corrected chi connectivity index (χ2v) is 9.17. The number of benzene rings is 2. The molecule has 1 fully saturated rings. The van der Waals surface area contributed by atoms with Gasteiger partial charge in [0.25, 0.3) is 0 Å². The van der Waals surface area contributed by atoms with Gasteiger partial charge < -0.3 is 20.4 Å². The number of hydrogen-bond acceptors (Lipinski definition) is 3. The molecule has 2 aliphatic heterocycles. The number of hydrogen-bond donors (Lipinski definition) is 2. The zero-order valence-corrected chi connectivity index (χ0v) is 22.7. The first kappa shape index (κ1) is 26.3. The summed E-state index contributed by atoms with van der Waals surface area (Å²) in [5, 5.41) is 6.84. The van der Waals surface area contributed by atoms with Crippen molar-refractivity contribution in [1.29, 1.82) is 0 Å². The first-order chi connectivity index (χ1) is 16.1. The number of nitrogens with one attached hydrogen (secondary N) is 2. The molecule has 6 nitrogen and oxygen atoms in total. The van der Waals surface area contributed by atoms with Crippen LogP contribution in [0.25, 0.3) is 0 Å². The van der Waals surface area contributed by atoms with Crippen LogP contribution < -0.4 is 15.5 Å². The van der Waals surface area contributed by atoms with E-state index in [2.05, 4.69) is 77.9 Å². The predicted molar refractivity (Wildman–Crippen MR) is 151 cm³/mol. The monoisotopic (exact) mass is 575 g/mol. The van der Waals surface area contributed by atoms with E-state index in [1.165, 1.54) is 16.8 Å². The van der Waals surface area contributed by atoms with E-state index in [-0.39, 0.29) is 35.8 Å². The molecule has 1 amide bonds. The second-order valence-electron chi connectivity index (χ2n) is 9.17. The summed E-state index contributed by atoms with van der Waals surface area (Å²) in [6.07, 6.45) is 2.62. The number of para-hydroxylation sites is 1. The maximum atomic E-state index is 12.5. The Labute approximate surface area is 221 Å². The highest BCUT2D eigenvalue weighted by Gasteiger charge is 2.29. The van der Waals surface area contributed by atoms with Crippen LogP contribution in [0.3, 0.4) is 0 Å². The fraction of sp³-hybridized carbons (Fsp3) is 0.481. The Bertz CT molecular complexity index is 951. The van der Waals surface area contributed by atoms with Crippen LogP contribution in [-0.2, 0) is 17.6 Å². The minimum atomic E-state index is 0. The number of nitrogens with zero attached hydrogens (tertiary/aromatic N) is 3. The second kappa shape index (κ2) is 13.0. The zero-order chi connectivity index (χ0) is 23.0. The molecule has 0 radical (unpaired) electrons. The van der Waals surface area contributed by atoms with Crippen LogP contribution in [-0.4, -0.2) is 62.1 Å². The molecule has 34 heavy (non-hydrogen) atoms. The molecule has 4 rings (SSSR count). The van der Waals surface area contributed by atoms with Crippen molar-refractivity contribution in [1.82, 2.24) is 15.5 Å². The van der Waals surface area contributed by atoms with E-state index in [1.54, 1.807) is 0 Å². The SMILES string of the molecule is CCNC(=NCC1CC(=O)N(CCc2ccccc2)C1)NCCN1c2ccccc2CC1C.I. The molecular weight excluding hydrogens is 537 g/mol. The summed E-state index contributed by atoms with van der Waals surface area (Å²) >= 11 is 0. The van der Waals surface area contributed by atoms with Crippen LogP contribution in [0.5, 0.6) is 0 Å². The van der Waals surface area contributed by atoms with Gasteiger partial charge >= 0.3 is 0 Å². The quantitative estimate of drug-likeness (QED) is 0.272. The highest BCUT2D eigenvalue weighted by molar-refractivity contribution is 14.0. The summed E-state index contributed by atoms with van der Waals surface area (Å²) in [7, 11) is 0. The van der Waals surface area contributed by atoms with Gasteiger partial charge in [0.05, 0.1) is 0 Å². The third-order valence-corrected chi connectivity index (χ3v) is 6.65. The summed E-state index contributed by atoms with van der Waals surface area (Å²) in [4.78, 5) is 21.8. The van der Waals surface area contributed by atoms with Crippen LogP contribution in [0.1, 0.15) is 31.4 Å². The molecule has 0 saturated carbocycles. The molecule has 2 aromatic carbocycles. The lowest BCUT2D eigenvalue weighted by molar-refractivity contribution is -0.127. The van der Waals surface area contributed by atoms with Crippen molar-refractivity contribution < 1.29 is 4.79 Å². The fourth-order valence-electron chi connectivity index (χ4n) is 4.93. The fourth-order valence-corrected chi connectivity index (χ4v) is 4.93. The highest BCUT2D eigenvalue weighted by atomic mass is 127. The topological polar surface area (TPSA) is 60.0 Å². The lowest BCUT2D eigenvalue weighted by Gasteiger charge is -2.25. The number of carbonyl (C=O) groups excluding carboxylic acids is 1. The molecule has 0 spiro atoms. The lowest BCUT2D eigenvalue weighted by atomic mass is 10.1. The first-order valence-corrected chi connectivity index (χ1v) is 12.3. The molecule has 2 N–H and O–H groups in total. The standard InChI is InChI=1S/C27H37N5O.HI/c1-3-28-27(29-14-16-32-21(2)17-24-11-7-8-12-25(24)32)30-19-23-18-26(33)31(20-23)15-13-22-9-5-4-6-10-22;/h4-12,21,23H,3,13-20H2,1-2H3,(H2,28,29,30);1H. The molecule has 0 aromatic heterocycles. The van der Waals surface area contributed by atoms with Crippen LogP contribution in [0.15, 0.2) is 59.6 Å². The summed E-state index contributed by atoms with van der Waals surface area (Å²) in [6, 6.07) is 19.6. The predicted octanol–water partition coefficient (Wildman–Crippen LogP) is 3.70. The number of likely N-dealkylation sites (tertiary alicyclic amines) is 1. The number of guanidine groups is 1. The van der Waals surface area contributed by atoms with E-state index < -0.39 is 0 Å². The molecule has 0 bridgehead atoms. The van der Waals surface area contributed by atoms with E-state index in [4.69, 9.17) is 4.99 Å². The van der Waals surface area contributed by atoms with Crippen molar-refractivity contribution in [2.75, 3.05) is 44.2 Å². The van der Waals surface area contributed by atoms with Crippen molar-refractivity contribution >= 4 is 41.5 Å². The van der Waals surface area contributed by atoms with Gasteiger partial charge in [0, 0.05) is 63.3 Å². The van der Waals surface area contributed by atoms with Gasteiger partial charge in [-0.15, -0.1) is 24.0 Å². The van der Waals surface area contributed by atoms with Gasteiger partial charge in [-0.3, -0.25) is 9.79 Å². The molecule has 1 saturated heterocycles. The largest absolute Gasteiger partial charge is 0.367 e. The molecule has 0 aliphatic carbocycles. The van der Waals surface area contributed by atoms with Crippen LogP contribution in [0.2, 0.25) is 0 Å². The maximum Gasteiger partial charge on any atom is 0.223 e. The van der Waals surface area contributed by atoms with Gasteiger partial charge in [0.2, 0.25) is 5.91 Å². The van der Waals surface area contributed by atoms with Crippen molar-refractivity contribution in [3.05, 3.63) is 65.7 Å². The van der Waals surface area contributed by atoms with E-state index in [0.29, 0.717) is 19.0 Å². The lowest BCUT2D eigenvalue weighted by Crippen LogP contribution is -2.43. The molecule has 2 aromatic rings. The van der Waals surface area contributed by atoms with Gasteiger partial charge in [-0.2, -0.15) is 0 Å². The number of anilines is 1. The molecule has 2 heterocycles. The average molecular weight is 576 g/mol. The van der Waals surface area contributed by atoms with Gasteiger partial charge in [-0.1, -0.05) is 48.5 Å². The summed E-state index contributed by atoms with van der Waals surface area (Å²) in [5.74, 6) is 1.38. The van der Waals surface area contributed by atoms with Gasteiger partial charge in [-0.05, 0) is 43.9 Å². The molecule has 2 unspecified atom stereocenters. The maximum absolute atomic E-state index is 12.5. The van der Waals surface area contributed by atoms with Crippen molar-refractivity contribution in [2.45, 2.75) is 39.2 Å². The van der Waals surface area contributed by atoms with Gasteiger partial charge in [0.15, 0.2) is 5.96 Å². The molecule has 7 heteroatoms. The average Bonchev–Trinajstić information content (AvgIpc) is 3.35. The van der Waals surface area contributed by atoms with Crippen molar-refractivity contribution in [2.24, 2.45) is 10.9 Å². The summed E-state index contributed by atoms with van der Waals surface area (Å²) in [6.45, 7) is 9.23. The molecular formula is C27H38IN5O. The van der Waals surface area contributed by atoms with Gasteiger partial charge in [-0.25, -0.2) is 0 Å². The van der Waals surface area contributed by atoms with Crippen LogP contribution in [0.4, 0.5) is 5.69 Å². The summed E-state index contributed by atoms with van der Waals surface area (Å²) in [5.41, 5.74) is 4.07. The zero-order valence-electron chi connectivity index (χ0n) is 20.4. The normalized spacial score (nSPS) is 19.7. The minimum absolute atomic E-state index is 0. The van der Waals surface area contributed by atoms with E-state index in [0.717, 1.165) is 51.5 Å². The summed E-state index contributed by atoms with van der Waals surface area (Å²) < 4.78 is 0. The Morgan fingerprint density at radius 1 is 1.03 bits per heavy atom. The Morgan fingerprint density at radius 3 is 2.59 bits per heavy atom. The number of fused-ring (bicyclic) bond motifs is 1. The van der Waals surface area contributed by atoms with E-state index in [9.17, 15) is 4.79 Å². The number of rotatable bonds is 9. The Balaban J connectivity index is 0.00000324. The van der Waals surface area contributed by atoms with Crippen LogP contribution >= 0.6 is 24.0 Å². The van der Waals surface area contributed by atoms with Gasteiger partial charge in [0.1, 0.15) is 0 Å². The van der Waals surface area contributed by atoms with Crippen molar-refractivity contribution in [3.8, 4) is 0 Å². The Morgan fingerprint density at radius 2 is 1.79 bits per heavy atom.